The lowest BCUT2D eigenvalue weighted by Gasteiger charge is -2.35. The first-order chi connectivity index (χ1) is 11.2. The first-order valence-corrected chi connectivity index (χ1v) is 8.60. The van der Waals surface area contributed by atoms with E-state index in [4.69, 9.17) is 9.47 Å². The Labute approximate surface area is 163 Å². The van der Waals surface area contributed by atoms with Gasteiger partial charge in [-0.2, -0.15) is 0 Å². The molecule has 5 nitrogen and oxygen atoms in total. The van der Waals surface area contributed by atoms with Crippen molar-refractivity contribution in [3.63, 3.8) is 0 Å². The van der Waals surface area contributed by atoms with Crippen LogP contribution < -0.4 is 14.8 Å². The van der Waals surface area contributed by atoms with Gasteiger partial charge in [0, 0.05) is 32.2 Å². The molecule has 2 N–H and O–H groups in total. The minimum atomic E-state index is 0. The summed E-state index contributed by atoms with van der Waals surface area (Å²) in [6, 6.07) is 4.25. The Morgan fingerprint density at radius 1 is 1.08 bits per heavy atom. The van der Waals surface area contributed by atoms with Gasteiger partial charge in [-0.3, -0.25) is 4.90 Å². The van der Waals surface area contributed by atoms with E-state index in [9.17, 15) is 5.11 Å². The molecule has 1 fully saturated rings. The number of nitrogens with one attached hydrogen (secondary N) is 1. The molecule has 1 atom stereocenters. The molecule has 1 aliphatic heterocycles. The number of phenolic OH excluding ortho intramolecular Hbond substituents is 1. The van der Waals surface area contributed by atoms with Crippen molar-refractivity contribution in [1.82, 2.24) is 10.2 Å². The number of piperazine rings is 1. The van der Waals surface area contributed by atoms with Crippen LogP contribution in [-0.4, -0.2) is 50.4 Å². The van der Waals surface area contributed by atoms with Crippen LogP contribution >= 0.6 is 24.8 Å². The molecule has 1 aromatic rings. The molecule has 0 bridgehead atoms. The number of aromatic hydroxyl groups is 1. The molecule has 0 aliphatic carbocycles. The zero-order chi connectivity index (χ0) is 16.7. The fraction of sp³-hybridized carbons (Fsp3) is 0.667. The van der Waals surface area contributed by atoms with Gasteiger partial charge < -0.3 is 19.9 Å². The molecular weight excluding hydrogens is 363 g/mol. The van der Waals surface area contributed by atoms with Gasteiger partial charge >= 0.3 is 0 Å². The van der Waals surface area contributed by atoms with E-state index >= 15 is 0 Å². The largest absolute Gasteiger partial charge is 0.502 e. The zero-order valence-electron chi connectivity index (χ0n) is 15.4. The highest BCUT2D eigenvalue weighted by Crippen LogP contribution is 2.40. The van der Waals surface area contributed by atoms with E-state index in [1.54, 1.807) is 14.2 Å². The average Bonchev–Trinajstić information content (AvgIpc) is 2.60. The molecule has 0 radical (unpaired) electrons. The number of nitrogens with zero attached hydrogens (tertiary/aromatic N) is 1. The molecule has 0 saturated carbocycles. The second kappa shape index (κ2) is 12.5. The van der Waals surface area contributed by atoms with Gasteiger partial charge in [0.05, 0.1) is 14.2 Å². The van der Waals surface area contributed by atoms with E-state index in [1.165, 1.54) is 19.3 Å². The third-order valence-corrected chi connectivity index (χ3v) is 4.56. The van der Waals surface area contributed by atoms with E-state index in [1.807, 2.05) is 12.1 Å². The van der Waals surface area contributed by atoms with E-state index < -0.39 is 0 Å². The van der Waals surface area contributed by atoms with Gasteiger partial charge in [-0.15, -0.1) is 24.8 Å². The van der Waals surface area contributed by atoms with Crippen molar-refractivity contribution in [1.29, 1.82) is 0 Å². The van der Waals surface area contributed by atoms with Gasteiger partial charge in [0.25, 0.3) is 0 Å². The monoisotopic (exact) mass is 394 g/mol. The molecule has 0 spiro atoms. The maximum Gasteiger partial charge on any atom is 0.200 e. The second-order valence-electron chi connectivity index (χ2n) is 6.07. The second-order valence-corrected chi connectivity index (χ2v) is 6.07. The van der Waals surface area contributed by atoms with Crippen molar-refractivity contribution in [2.45, 2.75) is 38.6 Å². The topological polar surface area (TPSA) is 54.0 Å². The van der Waals surface area contributed by atoms with Crippen LogP contribution in [-0.2, 0) is 0 Å². The zero-order valence-corrected chi connectivity index (χ0v) is 17.0. The minimum absolute atomic E-state index is 0. The first-order valence-electron chi connectivity index (χ1n) is 8.60. The van der Waals surface area contributed by atoms with Gasteiger partial charge in [-0.05, 0) is 24.1 Å². The summed E-state index contributed by atoms with van der Waals surface area (Å²) in [6.45, 7) is 6.37. The maximum atomic E-state index is 10.1. The minimum Gasteiger partial charge on any atom is -0.502 e. The quantitative estimate of drug-likeness (QED) is 0.657. The number of unbranched alkanes of at least 4 members (excludes halogenated alkanes) is 2. The summed E-state index contributed by atoms with van der Waals surface area (Å²) >= 11 is 0. The number of phenols is 1. The van der Waals surface area contributed by atoms with Crippen LogP contribution in [0.2, 0.25) is 0 Å². The van der Waals surface area contributed by atoms with Crippen molar-refractivity contribution in [3.8, 4) is 17.2 Å². The van der Waals surface area contributed by atoms with Crippen LogP contribution in [0.1, 0.15) is 44.2 Å². The van der Waals surface area contributed by atoms with Crippen LogP contribution in [0, 0.1) is 0 Å². The molecule has 146 valence electrons. The van der Waals surface area contributed by atoms with Crippen molar-refractivity contribution in [3.05, 3.63) is 17.7 Å². The summed E-state index contributed by atoms with van der Waals surface area (Å²) < 4.78 is 10.7. The van der Waals surface area contributed by atoms with Crippen molar-refractivity contribution in [2.75, 3.05) is 40.4 Å². The normalized spacial score (nSPS) is 15.6. The Hall–Kier alpha value is -0.880. The van der Waals surface area contributed by atoms with Crippen molar-refractivity contribution in [2.24, 2.45) is 0 Å². The number of ether oxygens (including phenoxy) is 2. The predicted molar refractivity (Wildman–Crippen MR) is 107 cm³/mol. The number of rotatable bonds is 8. The molecule has 7 heteroatoms. The average molecular weight is 395 g/mol. The third kappa shape index (κ3) is 6.41. The van der Waals surface area contributed by atoms with E-state index in [0.717, 1.165) is 38.2 Å². The van der Waals surface area contributed by atoms with Crippen molar-refractivity contribution >= 4 is 24.8 Å². The number of halogens is 2. The Bertz CT molecular complexity index is 472. The first kappa shape index (κ1) is 24.1. The Morgan fingerprint density at radius 3 is 2.12 bits per heavy atom. The lowest BCUT2D eigenvalue weighted by molar-refractivity contribution is 0.162. The summed E-state index contributed by atoms with van der Waals surface area (Å²) in [4.78, 5) is 2.53. The molecule has 0 amide bonds. The molecule has 1 saturated heterocycles. The predicted octanol–water partition coefficient (Wildman–Crippen LogP) is 3.78. The molecule has 1 aliphatic rings. The summed E-state index contributed by atoms with van der Waals surface area (Å²) in [7, 11) is 3.16. The number of methoxy groups -OCH3 is 2. The van der Waals surface area contributed by atoms with E-state index in [0.29, 0.717) is 17.5 Å². The highest BCUT2D eigenvalue weighted by molar-refractivity contribution is 5.85. The van der Waals surface area contributed by atoms with Gasteiger partial charge in [0.15, 0.2) is 11.5 Å². The molecule has 0 aromatic heterocycles. The van der Waals surface area contributed by atoms with Gasteiger partial charge in [-0.25, -0.2) is 0 Å². The molecule has 1 aromatic carbocycles. The highest BCUT2D eigenvalue weighted by Gasteiger charge is 2.24. The Kier molecular flexibility index (Phi) is 12.0. The van der Waals surface area contributed by atoms with Crippen LogP contribution in [0.5, 0.6) is 17.2 Å². The Balaban J connectivity index is 0.00000288. The fourth-order valence-corrected chi connectivity index (χ4v) is 3.25. The SMILES string of the molecule is CCCCC[C@H](c1cc(OC)c(O)c(OC)c1)N1CCNCC1.Cl.Cl. The fourth-order valence-electron chi connectivity index (χ4n) is 3.25. The maximum absolute atomic E-state index is 10.1. The van der Waals surface area contributed by atoms with Gasteiger partial charge in [0.1, 0.15) is 0 Å². The molecule has 2 rings (SSSR count). The van der Waals surface area contributed by atoms with Gasteiger partial charge in [0.2, 0.25) is 5.75 Å². The number of benzene rings is 1. The van der Waals surface area contributed by atoms with Crippen molar-refractivity contribution < 1.29 is 14.6 Å². The molecule has 1 heterocycles. The molecular formula is C18H32Cl2N2O3. The Morgan fingerprint density at radius 2 is 1.64 bits per heavy atom. The smallest absolute Gasteiger partial charge is 0.200 e. The lowest BCUT2D eigenvalue weighted by atomic mass is 9.97. The summed E-state index contributed by atoms with van der Waals surface area (Å²) in [6.07, 6.45) is 4.78. The van der Waals surface area contributed by atoms with E-state index in [-0.39, 0.29) is 30.6 Å². The van der Waals surface area contributed by atoms with Crippen LogP contribution in [0.3, 0.4) is 0 Å². The van der Waals surface area contributed by atoms with Gasteiger partial charge in [-0.1, -0.05) is 26.2 Å². The number of hydrogen-bond donors (Lipinski definition) is 2. The van der Waals surface area contributed by atoms with Crippen LogP contribution in [0.4, 0.5) is 0 Å². The van der Waals surface area contributed by atoms with E-state index in [2.05, 4.69) is 17.1 Å². The summed E-state index contributed by atoms with van der Waals surface area (Å²) in [5.41, 5.74) is 1.16. The summed E-state index contributed by atoms with van der Waals surface area (Å²) in [5.74, 6) is 1.04. The van der Waals surface area contributed by atoms with Crippen LogP contribution in [0.15, 0.2) is 12.1 Å². The standard InChI is InChI=1S/C18H30N2O3.2ClH/c1-4-5-6-7-15(20-10-8-19-9-11-20)14-12-16(22-2)18(21)17(13-14)23-3;;/h12-13,15,19,21H,4-11H2,1-3H3;2*1H/t15-;;/m1../s1. The third-order valence-electron chi connectivity index (χ3n) is 4.56. The molecule has 0 unspecified atom stereocenters. The molecule has 25 heavy (non-hydrogen) atoms. The summed E-state index contributed by atoms with van der Waals surface area (Å²) in [5, 5.41) is 13.6. The lowest BCUT2D eigenvalue weighted by Crippen LogP contribution is -2.45. The highest BCUT2D eigenvalue weighted by atomic mass is 35.5. The number of hydrogen-bond acceptors (Lipinski definition) is 5. The van der Waals surface area contributed by atoms with Crippen LogP contribution in [0.25, 0.3) is 0 Å².